The second kappa shape index (κ2) is 3.51. The molecule has 0 unspecified atom stereocenters. The van der Waals surface area contributed by atoms with Crippen LogP contribution in [0.3, 0.4) is 0 Å². The molecule has 0 aromatic rings. The fraction of sp³-hybridized carbons (Fsp3) is 1.00. The molecular formula is C6H13NO3. The van der Waals surface area contributed by atoms with Gasteiger partial charge in [0.2, 0.25) is 5.54 Å². The van der Waals surface area contributed by atoms with E-state index in [-0.39, 0.29) is 11.5 Å². The lowest BCUT2D eigenvalue weighted by atomic mass is 10.0. The summed E-state index contributed by atoms with van der Waals surface area (Å²) in [7, 11) is 0. The van der Waals surface area contributed by atoms with Crippen LogP contribution in [-0.4, -0.2) is 22.2 Å². The molecule has 0 radical (unpaired) electrons. The molecule has 0 saturated heterocycles. The third-order valence-electron chi connectivity index (χ3n) is 1.44. The zero-order valence-corrected chi connectivity index (χ0v) is 6.33. The zero-order valence-electron chi connectivity index (χ0n) is 6.33. The van der Waals surface area contributed by atoms with Gasteiger partial charge in [-0.1, -0.05) is 0 Å². The van der Waals surface area contributed by atoms with E-state index in [2.05, 4.69) is 0 Å². The van der Waals surface area contributed by atoms with Crippen LogP contribution in [-0.2, 0) is 0 Å². The molecule has 0 aliphatic rings. The van der Waals surface area contributed by atoms with Gasteiger partial charge in [-0.3, -0.25) is 10.1 Å². The van der Waals surface area contributed by atoms with Crippen molar-refractivity contribution < 1.29 is 10.0 Å². The minimum Gasteiger partial charge on any atom is -0.396 e. The first-order valence-corrected chi connectivity index (χ1v) is 3.26. The van der Waals surface area contributed by atoms with Gasteiger partial charge in [0.1, 0.15) is 0 Å². The Balaban J connectivity index is 3.75. The van der Waals surface area contributed by atoms with Crippen molar-refractivity contribution in [2.45, 2.75) is 32.2 Å². The monoisotopic (exact) mass is 147 g/mol. The van der Waals surface area contributed by atoms with Crippen molar-refractivity contribution >= 4 is 0 Å². The summed E-state index contributed by atoms with van der Waals surface area (Å²) in [6, 6.07) is 0. The van der Waals surface area contributed by atoms with E-state index >= 15 is 0 Å². The lowest BCUT2D eigenvalue weighted by Crippen LogP contribution is -2.30. The maximum Gasteiger partial charge on any atom is 0.216 e. The van der Waals surface area contributed by atoms with Crippen molar-refractivity contribution in [1.82, 2.24) is 0 Å². The maximum absolute atomic E-state index is 10.3. The molecule has 60 valence electrons. The van der Waals surface area contributed by atoms with E-state index in [9.17, 15) is 10.1 Å². The molecular weight excluding hydrogens is 134 g/mol. The van der Waals surface area contributed by atoms with Crippen LogP contribution < -0.4 is 0 Å². The second-order valence-corrected chi connectivity index (χ2v) is 2.90. The predicted molar refractivity (Wildman–Crippen MR) is 37.4 cm³/mol. The summed E-state index contributed by atoms with van der Waals surface area (Å²) in [5.74, 6) is 0. The Kier molecular flexibility index (Phi) is 3.28. The van der Waals surface area contributed by atoms with E-state index in [1.807, 2.05) is 0 Å². The molecule has 0 atom stereocenters. The number of nitrogens with zero attached hydrogens (tertiary/aromatic N) is 1. The molecule has 0 fully saturated rings. The minimum absolute atomic E-state index is 0.0251. The van der Waals surface area contributed by atoms with Crippen molar-refractivity contribution in [2.24, 2.45) is 0 Å². The normalized spacial score (nSPS) is 11.5. The molecule has 0 saturated carbocycles. The first-order chi connectivity index (χ1) is 4.50. The molecule has 0 bridgehead atoms. The third kappa shape index (κ3) is 2.77. The van der Waals surface area contributed by atoms with E-state index in [0.29, 0.717) is 12.8 Å². The van der Waals surface area contributed by atoms with Crippen LogP contribution in [0.25, 0.3) is 0 Å². The van der Waals surface area contributed by atoms with Gasteiger partial charge in [-0.2, -0.15) is 0 Å². The van der Waals surface area contributed by atoms with Crippen molar-refractivity contribution in [1.29, 1.82) is 0 Å². The van der Waals surface area contributed by atoms with Crippen LogP contribution in [0.1, 0.15) is 26.7 Å². The first kappa shape index (κ1) is 9.36. The number of hydrogen-bond acceptors (Lipinski definition) is 3. The summed E-state index contributed by atoms with van der Waals surface area (Å²) in [6.07, 6.45) is 0.921. The molecule has 0 heterocycles. The summed E-state index contributed by atoms with van der Waals surface area (Å²) in [5, 5.41) is 18.6. The van der Waals surface area contributed by atoms with Crippen LogP contribution in [0.4, 0.5) is 0 Å². The van der Waals surface area contributed by atoms with Crippen LogP contribution in [0, 0.1) is 10.1 Å². The van der Waals surface area contributed by atoms with E-state index in [4.69, 9.17) is 5.11 Å². The van der Waals surface area contributed by atoms with Gasteiger partial charge in [0, 0.05) is 31.8 Å². The van der Waals surface area contributed by atoms with Gasteiger partial charge >= 0.3 is 0 Å². The van der Waals surface area contributed by atoms with Gasteiger partial charge in [0.25, 0.3) is 0 Å². The number of rotatable bonds is 4. The Morgan fingerprint density at radius 1 is 1.60 bits per heavy atom. The van der Waals surface area contributed by atoms with Crippen molar-refractivity contribution in [2.75, 3.05) is 6.61 Å². The molecule has 4 heteroatoms. The highest BCUT2D eigenvalue weighted by molar-refractivity contribution is 4.65. The average Bonchev–Trinajstić information content (AvgIpc) is 1.84. The Hall–Kier alpha value is -0.640. The molecule has 0 aromatic heterocycles. The third-order valence-corrected chi connectivity index (χ3v) is 1.44. The second-order valence-electron chi connectivity index (χ2n) is 2.90. The molecule has 0 aromatic carbocycles. The molecule has 1 N–H and O–H groups in total. The van der Waals surface area contributed by atoms with Crippen molar-refractivity contribution in [3.8, 4) is 0 Å². The maximum atomic E-state index is 10.3. The summed E-state index contributed by atoms with van der Waals surface area (Å²) in [5.41, 5.74) is -0.886. The van der Waals surface area contributed by atoms with Crippen molar-refractivity contribution in [3.05, 3.63) is 10.1 Å². The Bertz CT molecular complexity index is 122. The SMILES string of the molecule is CC(C)(CCCO)[N+](=O)[O-]. The Labute approximate surface area is 60.0 Å². The summed E-state index contributed by atoms with van der Waals surface area (Å²) >= 11 is 0. The number of nitro groups is 1. The summed E-state index contributed by atoms with van der Waals surface area (Å²) < 4.78 is 0. The van der Waals surface area contributed by atoms with Gasteiger partial charge in [0.05, 0.1) is 0 Å². The van der Waals surface area contributed by atoms with E-state index in [0.717, 1.165) is 0 Å². The molecule has 0 rings (SSSR count). The summed E-state index contributed by atoms with van der Waals surface area (Å²) in [4.78, 5) is 9.93. The van der Waals surface area contributed by atoms with Gasteiger partial charge in [-0.05, 0) is 6.42 Å². The lowest BCUT2D eigenvalue weighted by Gasteiger charge is -2.13. The van der Waals surface area contributed by atoms with Gasteiger partial charge < -0.3 is 5.11 Å². The van der Waals surface area contributed by atoms with Gasteiger partial charge in [-0.25, -0.2) is 0 Å². The minimum atomic E-state index is -0.886. The molecule has 10 heavy (non-hydrogen) atoms. The number of aliphatic hydroxyl groups is 1. The highest BCUT2D eigenvalue weighted by Gasteiger charge is 2.29. The van der Waals surface area contributed by atoms with Gasteiger partial charge in [-0.15, -0.1) is 0 Å². The Morgan fingerprint density at radius 3 is 2.40 bits per heavy atom. The van der Waals surface area contributed by atoms with Crippen molar-refractivity contribution in [3.63, 3.8) is 0 Å². The highest BCUT2D eigenvalue weighted by atomic mass is 16.6. The zero-order chi connectivity index (χ0) is 8.20. The fourth-order valence-electron chi connectivity index (χ4n) is 0.603. The average molecular weight is 147 g/mol. The molecule has 0 aliphatic carbocycles. The quantitative estimate of drug-likeness (QED) is 0.473. The van der Waals surface area contributed by atoms with Crippen LogP contribution >= 0.6 is 0 Å². The number of hydrogen-bond donors (Lipinski definition) is 1. The Morgan fingerprint density at radius 2 is 2.10 bits per heavy atom. The van der Waals surface area contributed by atoms with E-state index in [1.54, 1.807) is 13.8 Å². The highest BCUT2D eigenvalue weighted by Crippen LogP contribution is 2.14. The molecule has 0 aliphatic heterocycles. The van der Waals surface area contributed by atoms with Crippen LogP contribution in [0.2, 0.25) is 0 Å². The standard InChI is InChI=1S/C6H13NO3/c1-6(2,7(9)10)4-3-5-8/h8H,3-5H2,1-2H3. The smallest absolute Gasteiger partial charge is 0.216 e. The topological polar surface area (TPSA) is 63.4 Å². The van der Waals surface area contributed by atoms with Crippen LogP contribution in [0.5, 0.6) is 0 Å². The lowest BCUT2D eigenvalue weighted by molar-refractivity contribution is -0.561. The van der Waals surface area contributed by atoms with Gasteiger partial charge in [0.15, 0.2) is 0 Å². The number of aliphatic hydroxyl groups excluding tert-OH is 1. The van der Waals surface area contributed by atoms with E-state index in [1.165, 1.54) is 0 Å². The molecule has 4 nitrogen and oxygen atoms in total. The fourth-order valence-corrected chi connectivity index (χ4v) is 0.603. The van der Waals surface area contributed by atoms with E-state index < -0.39 is 5.54 Å². The summed E-state index contributed by atoms with van der Waals surface area (Å²) in [6.45, 7) is 3.14. The van der Waals surface area contributed by atoms with Crippen LogP contribution in [0.15, 0.2) is 0 Å². The largest absolute Gasteiger partial charge is 0.396 e. The molecule has 0 spiro atoms. The predicted octanol–water partition coefficient (Wildman–Crippen LogP) is 0.814. The first-order valence-electron chi connectivity index (χ1n) is 3.26. The molecule has 0 amide bonds.